The normalized spacial score (nSPS) is 11.7. The van der Waals surface area contributed by atoms with Crippen LogP contribution in [0.25, 0.3) is 11.8 Å². The summed E-state index contributed by atoms with van der Waals surface area (Å²) >= 11 is 0. The van der Waals surface area contributed by atoms with E-state index in [1.165, 1.54) is 18.2 Å². The summed E-state index contributed by atoms with van der Waals surface area (Å²) in [5.74, 6) is -0.403. The second kappa shape index (κ2) is 7.90. The largest absolute Gasteiger partial charge is 0.416 e. The van der Waals surface area contributed by atoms with Crippen molar-refractivity contribution in [3.05, 3.63) is 89.8 Å². The number of hydrogen-bond donors (Lipinski definition) is 1. The van der Waals surface area contributed by atoms with Crippen molar-refractivity contribution in [1.82, 2.24) is 15.1 Å². The molecule has 2 aromatic carbocycles. The molecule has 0 aliphatic rings. The summed E-state index contributed by atoms with van der Waals surface area (Å²) in [7, 11) is 0. The van der Waals surface area contributed by atoms with E-state index < -0.39 is 17.6 Å². The van der Waals surface area contributed by atoms with Gasteiger partial charge in [0.25, 0.3) is 0 Å². The number of alkyl halides is 3. The van der Waals surface area contributed by atoms with Crippen molar-refractivity contribution in [3.8, 4) is 5.69 Å². The Hall–Kier alpha value is -3.35. The third-order valence-corrected chi connectivity index (χ3v) is 3.77. The number of hydrogen-bond acceptors (Lipinski definition) is 2. The van der Waals surface area contributed by atoms with E-state index in [0.29, 0.717) is 5.56 Å². The number of aromatic nitrogens is 2. The standard InChI is InChI=1S/C20H16F3N3O/c21-20(22,23)17-6-4-5-15(11-17)12-24-19(27)10-9-16-13-25-26(14-16)18-7-2-1-3-8-18/h1-11,13-14H,12H2,(H,24,27)/b10-9+. The zero-order valence-corrected chi connectivity index (χ0v) is 14.1. The van der Waals surface area contributed by atoms with E-state index in [2.05, 4.69) is 10.4 Å². The fourth-order valence-electron chi connectivity index (χ4n) is 2.42. The van der Waals surface area contributed by atoms with Gasteiger partial charge >= 0.3 is 6.18 Å². The number of halogens is 3. The molecule has 0 saturated heterocycles. The van der Waals surface area contributed by atoms with Crippen LogP contribution in [0.3, 0.4) is 0 Å². The molecule has 1 aromatic heterocycles. The molecular formula is C20H16F3N3O. The SMILES string of the molecule is O=C(/C=C/c1cnn(-c2ccccc2)c1)NCc1cccc(C(F)(F)F)c1. The summed E-state index contributed by atoms with van der Waals surface area (Å²) in [4.78, 5) is 11.9. The maximum absolute atomic E-state index is 12.7. The van der Waals surface area contributed by atoms with Crippen molar-refractivity contribution in [2.45, 2.75) is 12.7 Å². The number of carbonyl (C=O) groups excluding carboxylic acids is 1. The van der Waals surface area contributed by atoms with E-state index in [1.54, 1.807) is 23.2 Å². The van der Waals surface area contributed by atoms with Crippen LogP contribution in [0.15, 0.2) is 73.1 Å². The molecule has 1 N–H and O–H groups in total. The molecule has 7 heteroatoms. The summed E-state index contributed by atoms with van der Waals surface area (Å²) in [6.45, 7) is 0.0103. The molecule has 3 aromatic rings. The van der Waals surface area contributed by atoms with Gasteiger partial charge in [0.1, 0.15) is 0 Å². The van der Waals surface area contributed by atoms with E-state index >= 15 is 0 Å². The van der Waals surface area contributed by atoms with Crippen molar-refractivity contribution in [2.24, 2.45) is 0 Å². The Morgan fingerprint density at radius 2 is 1.89 bits per heavy atom. The third-order valence-electron chi connectivity index (χ3n) is 3.77. The molecular weight excluding hydrogens is 355 g/mol. The highest BCUT2D eigenvalue weighted by molar-refractivity contribution is 5.91. The molecule has 0 atom stereocenters. The lowest BCUT2D eigenvalue weighted by molar-refractivity contribution is -0.137. The Balaban J connectivity index is 1.58. The first-order valence-electron chi connectivity index (χ1n) is 8.14. The summed E-state index contributed by atoms with van der Waals surface area (Å²) in [5.41, 5.74) is 1.26. The molecule has 0 aliphatic carbocycles. The minimum absolute atomic E-state index is 0.0103. The number of para-hydroxylation sites is 1. The minimum Gasteiger partial charge on any atom is -0.348 e. The van der Waals surface area contributed by atoms with Gasteiger partial charge in [-0.05, 0) is 35.9 Å². The van der Waals surface area contributed by atoms with Crippen LogP contribution < -0.4 is 5.32 Å². The van der Waals surface area contributed by atoms with Gasteiger partial charge in [-0.2, -0.15) is 18.3 Å². The van der Waals surface area contributed by atoms with Gasteiger partial charge in [0.05, 0.1) is 17.4 Å². The molecule has 0 spiro atoms. The number of nitrogens with one attached hydrogen (secondary N) is 1. The molecule has 27 heavy (non-hydrogen) atoms. The Kier molecular flexibility index (Phi) is 5.40. The molecule has 0 aliphatic heterocycles. The van der Waals surface area contributed by atoms with E-state index in [9.17, 15) is 18.0 Å². The average Bonchev–Trinajstić information content (AvgIpc) is 3.14. The van der Waals surface area contributed by atoms with E-state index in [4.69, 9.17) is 0 Å². The van der Waals surface area contributed by atoms with Gasteiger partial charge in [-0.15, -0.1) is 0 Å². The van der Waals surface area contributed by atoms with Crippen molar-refractivity contribution < 1.29 is 18.0 Å². The predicted molar refractivity (Wildman–Crippen MR) is 95.9 cm³/mol. The maximum Gasteiger partial charge on any atom is 0.416 e. The molecule has 0 radical (unpaired) electrons. The van der Waals surface area contributed by atoms with Crippen LogP contribution in [0.4, 0.5) is 13.2 Å². The molecule has 0 bridgehead atoms. The van der Waals surface area contributed by atoms with Crippen LogP contribution >= 0.6 is 0 Å². The minimum atomic E-state index is -4.40. The van der Waals surface area contributed by atoms with Gasteiger partial charge in [-0.3, -0.25) is 4.79 Å². The number of rotatable bonds is 5. The highest BCUT2D eigenvalue weighted by Gasteiger charge is 2.30. The fraction of sp³-hybridized carbons (Fsp3) is 0.100. The maximum atomic E-state index is 12.7. The van der Waals surface area contributed by atoms with Crippen molar-refractivity contribution in [2.75, 3.05) is 0 Å². The van der Waals surface area contributed by atoms with E-state index in [-0.39, 0.29) is 6.54 Å². The number of carbonyl (C=O) groups is 1. The highest BCUT2D eigenvalue weighted by atomic mass is 19.4. The third kappa shape index (κ3) is 5.07. The predicted octanol–water partition coefficient (Wildman–Crippen LogP) is 4.22. The molecule has 0 unspecified atom stereocenters. The first-order chi connectivity index (χ1) is 12.9. The molecule has 3 rings (SSSR count). The quantitative estimate of drug-likeness (QED) is 0.683. The highest BCUT2D eigenvalue weighted by Crippen LogP contribution is 2.29. The lowest BCUT2D eigenvalue weighted by atomic mass is 10.1. The van der Waals surface area contributed by atoms with Gasteiger partial charge in [0.2, 0.25) is 5.91 Å². The number of nitrogens with zero attached hydrogens (tertiary/aromatic N) is 2. The lowest BCUT2D eigenvalue weighted by Crippen LogP contribution is -2.20. The summed E-state index contributed by atoms with van der Waals surface area (Å²) < 4.78 is 39.8. The van der Waals surface area contributed by atoms with Gasteiger partial charge < -0.3 is 5.32 Å². The first kappa shape index (κ1) is 18.4. The zero-order valence-electron chi connectivity index (χ0n) is 14.1. The number of amides is 1. The summed E-state index contributed by atoms with van der Waals surface area (Å²) in [5, 5.41) is 6.78. The van der Waals surface area contributed by atoms with Crippen LogP contribution in [-0.2, 0) is 17.5 Å². The van der Waals surface area contributed by atoms with Gasteiger partial charge in [-0.1, -0.05) is 30.3 Å². The van der Waals surface area contributed by atoms with E-state index in [0.717, 1.165) is 23.4 Å². The topological polar surface area (TPSA) is 46.9 Å². The Morgan fingerprint density at radius 3 is 2.63 bits per heavy atom. The van der Waals surface area contributed by atoms with Crippen molar-refractivity contribution in [3.63, 3.8) is 0 Å². The second-order valence-corrected chi connectivity index (χ2v) is 5.80. The van der Waals surface area contributed by atoms with Gasteiger partial charge in [0, 0.05) is 24.4 Å². The Morgan fingerprint density at radius 1 is 1.11 bits per heavy atom. The lowest BCUT2D eigenvalue weighted by Gasteiger charge is -2.08. The van der Waals surface area contributed by atoms with Crippen LogP contribution in [0.5, 0.6) is 0 Å². The molecule has 0 saturated carbocycles. The first-order valence-corrected chi connectivity index (χ1v) is 8.14. The molecule has 1 heterocycles. The van der Waals surface area contributed by atoms with E-state index in [1.807, 2.05) is 30.3 Å². The number of benzene rings is 2. The van der Waals surface area contributed by atoms with Gasteiger partial charge in [-0.25, -0.2) is 4.68 Å². The van der Waals surface area contributed by atoms with Crippen LogP contribution in [0.1, 0.15) is 16.7 Å². The molecule has 4 nitrogen and oxygen atoms in total. The van der Waals surface area contributed by atoms with Gasteiger partial charge in [0.15, 0.2) is 0 Å². The Bertz CT molecular complexity index is 946. The fourth-order valence-corrected chi connectivity index (χ4v) is 2.42. The zero-order chi connectivity index (χ0) is 19.3. The monoisotopic (exact) mass is 371 g/mol. The summed E-state index contributed by atoms with van der Waals surface area (Å²) in [6, 6.07) is 14.4. The second-order valence-electron chi connectivity index (χ2n) is 5.80. The molecule has 138 valence electrons. The van der Waals surface area contributed by atoms with Crippen LogP contribution in [0, 0.1) is 0 Å². The molecule has 1 amide bonds. The summed E-state index contributed by atoms with van der Waals surface area (Å²) in [6.07, 6.45) is 1.89. The Labute approximate surface area is 153 Å². The smallest absolute Gasteiger partial charge is 0.348 e. The van der Waals surface area contributed by atoms with Crippen LogP contribution in [0.2, 0.25) is 0 Å². The molecule has 0 fully saturated rings. The van der Waals surface area contributed by atoms with Crippen LogP contribution in [-0.4, -0.2) is 15.7 Å². The van der Waals surface area contributed by atoms with Crippen molar-refractivity contribution in [1.29, 1.82) is 0 Å². The van der Waals surface area contributed by atoms with Crippen molar-refractivity contribution >= 4 is 12.0 Å². The average molecular weight is 371 g/mol.